The maximum atomic E-state index is 12.7. The lowest BCUT2D eigenvalue weighted by molar-refractivity contribution is 0.219. The van der Waals surface area contributed by atoms with Gasteiger partial charge < -0.3 is 15.6 Å². The van der Waals surface area contributed by atoms with Crippen LogP contribution in [0.1, 0.15) is 45.1 Å². The van der Waals surface area contributed by atoms with Gasteiger partial charge in [-0.05, 0) is 75.3 Å². The Morgan fingerprint density at radius 2 is 2.00 bits per heavy atom. The molecular weight excluding hydrogens is 424 g/mol. The van der Waals surface area contributed by atoms with Crippen LogP contribution >= 0.6 is 11.6 Å². The molecule has 3 N–H and O–H groups in total. The predicted molar refractivity (Wildman–Crippen MR) is 126 cm³/mol. The lowest BCUT2D eigenvalue weighted by Crippen LogP contribution is -2.43. The number of rotatable bonds is 6. The van der Waals surface area contributed by atoms with E-state index in [1.54, 1.807) is 18.3 Å². The quantitative estimate of drug-likeness (QED) is 0.503. The van der Waals surface area contributed by atoms with E-state index in [9.17, 15) is 10.1 Å². The number of nitrogens with zero attached hydrogens (tertiary/aromatic N) is 3. The number of nitriles is 1. The van der Waals surface area contributed by atoms with Gasteiger partial charge in [-0.1, -0.05) is 11.6 Å². The summed E-state index contributed by atoms with van der Waals surface area (Å²) in [5.41, 5.74) is 1.34. The monoisotopic (exact) mass is 450 g/mol. The number of H-pyrrole nitrogens is 1. The minimum Gasteiger partial charge on any atom is -0.338 e. The van der Waals surface area contributed by atoms with Gasteiger partial charge in [0.15, 0.2) is 5.82 Å². The van der Waals surface area contributed by atoms with Crippen molar-refractivity contribution in [3.05, 3.63) is 51.9 Å². The topological polar surface area (TPSA) is 98.5 Å². The van der Waals surface area contributed by atoms with E-state index in [1.165, 1.54) is 12.8 Å². The molecule has 7 nitrogen and oxygen atoms in total. The first-order chi connectivity index (χ1) is 15.5. The number of aromatic amines is 1. The van der Waals surface area contributed by atoms with E-state index >= 15 is 0 Å². The molecule has 2 fully saturated rings. The van der Waals surface area contributed by atoms with Crippen LogP contribution in [0.5, 0.6) is 0 Å². The van der Waals surface area contributed by atoms with E-state index in [1.807, 2.05) is 22.9 Å². The standard InChI is InChI=1S/C24H27ClN6O/c1-14(15-2-3-15)28-19-8-9-20(16(12-19)13-26)31-21-10-11-27-24(32)22(21)23(30-31)29-18-6-4-17(25)5-7-18/h4-7,10-11,14-16,19-20,28H,2-3,8-9,12H2,1H3,(H,27,32)(H,29,30). The second-order valence-electron chi connectivity index (χ2n) is 9.10. The van der Waals surface area contributed by atoms with Crippen molar-refractivity contribution in [1.29, 1.82) is 5.26 Å². The zero-order chi connectivity index (χ0) is 22.2. The van der Waals surface area contributed by atoms with Crippen molar-refractivity contribution in [2.75, 3.05) is 5.32 Å². The van der Waals surface area contributed by atoms with Crippen molar-refractivity contribution >= 4 is 34.0 Å². The Labute approximate surface area is 191 Å². The molecule has 0 aliphatic heterocycles. The van der Waals surface area contributed by atoms with Crippen LogP contribution in [0.15, 0.2) is 41.3 Å². The summed E-state index contributed by atoms with van der Waals surface area (Å²) in [5.74, 6) is 1.11. The lowest BCUT2D eigenvalue weighted by atomic mass is 9.82. The van der Waals surface area contributed by atoms with Crippen LogP contribution < -0.4 is 16.2 Å². The smallest absolute Gasteiger partial charge is 0.261 e. The van der Waals surface area contributed by atoms with Crippen molar-refractivity contribution in [3.63, 3.8) is 0 Å². The molecule has 1 aromatic carbocycles. The zero-order valence-corrected chi connectivity index (χ0v) is 18.8. The first-order valence-electron chi connectivity index (χ1n) is 11.3. The zero-order valence-electron chi connectivity index (χ0n) is 18.0. The minimum absolute atomic E-state index is 0.0700. The van der Waals surface area contributed by atoms with Crippen molar-refractivity contribution in [1.82, 2.24) is 20.1 Å². The highest BCUT2D eigenvalue weighted by atomic mass is 35.5. The van der Waals surface area contributed by atoms with E-state index in [0.717, 1.165) is 36.4 Å². The van der Waals surface area contributed by atoms with Gasteiger partial charge in [-0.15, -0.1) is 0 Å². The summed E-state index contributed by atoms with van der Waals surface area (Å²) in [5, 5.41) is 22.9. The largest absolute Gasteiger partial charge is 0.338 e. The Hall–Kier alpha value is -2.82. The summed E-state index contributed by atoms with van der Waals surface area (Å²) in [4.78, 5) is 15.4. The number of pyridine rings is 1. The Morgan fingerprint density at radius 3 is 2.72 bits per heavy atom. The Balaban J connectivity index is 1.44. The Kier molecular flexibility index (Phi) is 5.66. The summed E-state index contributed by atoms with van der Waals surface area (Å²) in [6.07, 6.45) is 6.88. The molecule has 0 spiro atoms. The predicted octanol–water partition coefficient (Wildman–Crippen LogP) is 4.74. The van der Waals surface area contributed by atoms with Crippen molar-refractivity contribution in [2.45, 2.75) is 57.2 Å². The molecule has 5 rings (SSSR count). The molecule has 2 heterocycles. The average molecular weight is 451 g/mol. The number of anilines is 2. The molecule has 2 aliphatic rings. The normalized spacial score (nSPS) is 24.2. The van der Waals surface area contributed by atoms with Gasteiger partial charge in [-0.2, -0.15) is 10.4 Å². The summed E-state index contributed by atoms with van der Waals surface area (Å²) >= 11 is 6.00. The Bertz CT molecular complexity index is 1210. The van der Waals surface area contributed by atoms with E-state index < -0.39 is 0 Å². The van der Waals surface area contributed by atoms with Crippen LogP contribution in [-0.2, 0) is 0 Å². The first kappa shape index (κ1) is 21.0. The highest BCUT2D eigenvalue weighted by Gasteiger charge is 2.36. The van der Waals surface area contributed by atoms with Crippen molar-refractivity contribution in [2.24, 2.45) is 11.8 Å². The molecule has 8 heteroatoms. The first-order valence-corrected chi connectivity index (χ1v) is 11.7. The number of hydrogen-bond donors (Lipinski definition) is 3. The van der Waals surface area contributed by atoms with Crippen LogP contribution in [-0.4, -0.2) is 26.8 Å². The molecule has 0 saturated heterocycles. The summed E-state index contributed by atoms with van der Waals surface area (Å²) in [6, 6.07) is 12.4. The van der Waals surface area contributed by atoms with Gasteiger partial charge in [0, 0.05) is 29.0 Å². The number of hydrogen-bond acceptors (Lipinski definition) is 5. The molecule has 32 heavy (non-hydrogen) atoms. The SMILES string of the molecule is CC(NC1CCC(n2nc(Nc3ccc(Cl)cc3)c3c(=O)[nH]ccc32)C(C#N)C1)C1CC1. The van der Waals surface area contributed by atoms with Crippen LogP contribution in [0.4, 0.5) is 11.5 Å². The summed E-state index contributed by atoms with van der Waals surface area (Å²) in [6.45, 7) is 2.26. The molecule has 4 atom stereocenters. The van der Waals surface area contributed by atoms with Gasteiger partial charge in [0.2, 0.25) is 0 Å². The minimum atomic E-state index is -0.202. The van der Waals surface area contributed by atoms with Crippen LogP contribution in [0.2, 0.25) is 5.02 Å². The molecule has 0 amide bonds. The van der Waals surface area contributed by atoms with Gasteiger partial charge in [0.25, 0.3) is 5.56 Å². The third kappa shape index (κ3) is 4.13. The van der Waals surface area contributed by atoms with E-state index in [-0.39, 0.29) is 17.5 Å². The van der Waals surface area contributed by atoms with Crippen LogP contribution in [0.25, 0.3) is 10.9 Å². The molecule has 3 aromatic rings. The maximum absolute atomic E-state index is 12.7. The molecule has 4 unspecified atom stereocenters. The molecule has 0 radical (unpaired) electrons. The second kappa shape index (κ2) is 8.61. The van der Waals surface area contributed by atoms with Gasteiger partial charge in [-0.25, -0.2) is 0 Å². The highest BCUT2D eigenvalue weighted by molar-refractivity contribution is 6.30. The number of aromatic nitrogens is 3. The van der Waals surface area contributed by atoms with E-state index in [4.69, 9.17) is 16.7 Å². The molecule has 0 bridgehead atoms. The molecule has 2 saturated carbocycles. The summed E-state index contributed by atoms with van der Waals surface area (Å²) in [7, 11) is 0. The fourth-order valence-electron chi connectivity index (χ4n) is 4.95. The average Bonchev–Trinajstić information content (AvgIpc) is 3.58. The van der Waals surface area contributed by atoms with Crippen LogP contribution in [0, 0.1) is 23.2 Å². The van der Waals surface area contributed by atoms with Crippen molar-refractivity contribution < 1.29 is 0 Å². The van der Waals surface area contributed by atoms with E-state index in [2.05, 4.69) is 28.6 Å². The Morgan fingerprint density at radius 1 is 1.22 bits per heavy atom. The van der Waals surface area contributed by atoms with Crippen LogP contribution in [0.3, 0.4) is 0 Å². The number of benzene rings is 1. The lowest BCUT2D eigenvalue weighted by Gasteiger charge is -2.35. The maximum Gasteiger partial charge on any atom is 0.261 e. The summed E-state index contributed by atoms with van der Waals surface area (Å²) < 4.78 is 1.89. The fourth-order valence-corrected chi connectivity index (χ4v) is 5.08. The van der Waals surface area contributed by atoms with Crippen molar-refractivity contribution in [3.8, 4) is 6.07 Å². The van der Waals surface area contributed by atoms with Gasteiger partial charge in [-0.3, -0.25) is 9.48 Å². The van der Waals surface area contributed by atoms with Gasteiger partial charge in [0.05, 0.1) is 23.5 Å². The third-order valence-electron chi connectivity index (χ3n) is 6.86. The highest BCUT2D eigenvalue weighted by Crippen LogP contribution is 2.38. The molecule has 166 valence electrons. The number of fused-ring (bicyclic) bond motifs is 1. The molecular formula is C24H27ClN6O. The second-order valence-corrected chi connectivity index (χ2v) is 9.53. The van der Waals surface area contributed by atoms with E-state index in [0.29, 0.717) is 28.3 Å². The molecule has 2 aromatic heterocycles. The fraction of sp³-hybridized carbons (Fsp3) is 0.458. The molecule has 2 aliphatic carbocycles. The third-order valence-corrected chi connectivity index (χ3v) is 7.11. The van der Waals surface area contributed by atoms with Gasteiger partial charge in [0.1, 0.15) is 5.39 Å². The van der Waals surface area contributed by atoms with Gasteiger partial charge >= 0.3 is 0 Å². The number of nitrogens with one attached hydrogen (secondary N) is 3. The number of halogens is 1.